The number of nitrogens with one attached hydrogen (secondary N) is 1. The topological polar surface area (TPSA) is 69.7 Å². The van der Waals surface area contributed by atoms with E-state index in [2.05, 4.69) is 4.72 Å². The second-order valence-corrected chi connectivity index (χ2v) is 8.87. The van der Waals surface area contributed by atoms with Gasteiger partial charge in [0, 0.05) is 37.8 Å². The molecule has 0 aromatic heterocycles. The summed E-state index contributed by atoms with van der Waals surface area (Å²) in [4.78, 5) is 16.5. The third-order valence-corrected chi connectivity index (χ3v) is 6.57. The van der Waals surface area contributed by atoms with Crippen LogP contribution in [0.25, 0.3) is 0 Å². The summed E-state index contributed by atoms with van der Waals surface area (Å²) in [6.45, 7) is 1.94. The smallest absolute Gasteiger partial charge is 0.254 e. The van der Waals surface area contributed by atoms with Crippen LogP contribution >= 0.6 is 0 Å². The van der Waals surface area contributed by atoms with Gasteiger partial charge in [0.2, 0.25) is 10.0 Å². The highest BCUT2D eigenvalue weighted by Crippen LogP contribution is 2.23. The highest BCUT2D eigenvalue weighted by Gasteiger charge is 2.29. The van der Waals surface area contributed by atoms with E-state index in [1.165, 1.54) is 18.2 Å². The number of sulfonamides is 1. The first kappa shape index (κ1) is 18.9. The monoisotopic (exact) mass is 403 g/mol. The van der Waals surface area contributed by atoms with E-state index >= 15 is 0 Å². The van der Waals surface area contributed by atoms with Crippen LogP contribution in [0, 0.1) is 5.82 Å². The molecule has 2 aliphatic rings. The molecule has 1 N–H and O–H groups in total. The lowest BCUT2D eigenvalue weighted by Crippen LogP contribution is -2.49. The molecule has 0 radical (unpaired) electrons. The molecule has 6 nitrogen and oxygen atoms in total. The fourth-order valence-electron chi connectivity index (χ4n) is 3.33. The Hall–Kier alpha value is -2.45. The minimum atomic E-state index is -3.60. The van der Waals surface area contributed by atoms with Crippen LogP contribution in [0.3, 0.4) is 0 Å². The van der Waals surface area contributed by atoms with Crippen molar-refractivity contribution in [3.05, 3.63) is 59.9 Å². The average molecular weight is 403 g/mol. The molecule has 1 aliphatic heterocycles. The van der Waals surface area contributed by atoms with Crippen LogP contribution in [0.1, 0.15) is 23.2 Å². The van der Waals surface area contributed by atoms with Crippen LogP contribution in [-0.2, 0) is 10.0 Å². The van der Waals surface area contributed by atoms with Gasteiger partial charge >= 0.3 is 0 Å². The SMILES string of the molecule is O=C(c1cccc(S(=O)(=O)NC2CC2)c1)N1CCN(c2ccccc2F)CC1. The summed E-state index contributed by atoms with van der Waals surface area (Å²) in [5.74, 6) is -0.486. The van der Waals surface area contributed by atoms with Gasteiger partial charge in [-0.2, -0.15) is 0 Å². The van der Waals surface area contributed by atoms with Crippen LogP contribution in [-0.4, -0.2) is 51.4 Å². The van der Waals surface area contributed by atoms with Crippen molar-refractivity contribution in [1.82, 2.24) is 9.62 Å². The van der Waals surface area contributed by atoms with Gasteiger partial charge in [-0.15, -0.1) is 0 Å². The van der Waals surface area contributed by atoms with Crippen molar-refractivity contribution in [3.8, 4) is 0 Å². The van der Waals surface area contributed by atoms with Crippen LogP contribution < -0.4 is 9.62 Å². The Bertz CT molecular complexity index is 984. The number of para-hydroxylation sites is 1. The van der Waals surface area contributed by atoms with Gasteiger partial charge in [0.1, 0.15) is 5.82 Å². The van der Waals surface area contributed by atoms with Crippen molar-refractivity contribution in [3.63, 3.8) is 0 Å². The van der Waals surface area contributed by atoms with E-state index in [9.17, 15) is 17.6 Å². The standard InChI is InChI=1S/C20H22FN3O3S/c21-18-6-1-2-7-19(18)23-10-12-24(13-11-23)20(25)15-4-3-5-17(14-15)28(26,27)22-16-8-9-16/h1-7,14,16,22H,8-13H2. The molecule has 0 spiro atoms. The zero-order chi connectivity index (χ0) is 19.7. The van der Waals surface area contributed by atoms with E-state index in [1.54, 1.807) is 35.2 Å². The van der Waals surface area contributed by atoms with Gasteiger partial charge in [-0.3, -0.25) is 4.79 Å². The minimum Gasteiger partial charge on any atom is -0.366 e. The van der Waals surface area contributed by atoms with E-state index in [0.29, 0.717) is 37.4 Å². The highest BCUT2D eigenvalue weighted by molar-refractivity contribution is 7.89. The molecule has 0 bridgehead atoms. The van der Waals surface area contributed by atoms with E-state index in [1.807, 2.05) is 4.90 Å². The molecular formula is C20H22FN3O3S. The molecule has 2 fully saturated rings. The fraction of sp³-hybridized carbons (Fsp3) is 0.350. The van der Waals surface area contributed by atoms with Gasteiger partial charge in [-0.25, -0.2) is 17.5 Å². The Kier molecular flexibility index (Phi) is 5.07. The summed E-state index contributed by atoms with van der Waals surface area (Å²) in [7, 11) is -3.60. The van der Waals surface area contributed by atoms with Crippen LogP contribution in [0.15, 0.2) is 53.4 Å². The van der Waals surface area contributed by atoms with Gasteiger partial charge in [0.25, 0.3) is 5.91 Å². The maximum absolute atomic E-state index is 14.0. The predicted octanol–water partition coefficient (Wildman–Crippen LogP) is 2.23. The molecular weight excluding hydrogens is 381 g/mol. The lowest BCUT2D eigenvalue weighted by molar-refractivity contribution is 0.0746. The summed E-state index contributed by atoms with van der Waals surface area (Å²) >= 11 is 0. The largest absolute Gasteiger partial charge is 0.366 e. The van der Waals surface area contributed by atoms with Crippen LogP contribution in [0.2, 0.25) is 0 Å². The number of rotatable bonds is 5. The predicted molar refractivity (Wildman–Crippen MR) is 104 cm³/mol. The number of halogens is 1. The molecule has 0 atom stereocenters. The number of carbonyl (C=O) groups is 1. The fourth-order valence-corrected chi connectivity index (χ4v) is 4.68. The lowest BCUT2D eigenvalue weighted by Gasteiger charge is -2.36. The first-order valence-corrected chi connectivity index (χ1v) is 10.8. The number of anilines is 1. The number of hydrogen-bond acceptors (Lipinski definition) is 4. The Labute approximate surface area is 164 Å². The van der Waals surface area contributed by atoms with Gasteiger partial charge in [0.05, 0.1) is 10.6 Å². The van der Waals surface area contributed by atoms with Gasteiger partial charge < -0.3 is 9.80 Å². The molecule has 28 heavy (non-hydrogen) atoms. The van der Waals surface area contributed by atoms with Crippen LogP contribution in [0.5, 0.6) is 0 Å². The normalized spacial score (nSPS) is 17.6. The van der Waals surface area contributed by atoms with Gasteiger partial charge in [-0.1, -0.05) is 18.2 Å². The van der Waals surface area contributed by atoms with Gasteiger partial charge in [-0.05, 0) is 43.2 Å². The maximum atomic E-state index is 14.0. The Balaban J connectivity index is 1.44. The molecule has 148 valence electrons. The first-order valence-electron chi connectivity index (χ1n) is 9.35. The van der Waals surface area contributed by atoms with Gasteiger partial charge in [0.15, 0.2) is 0 Å². The molecule has 0 unspecified atom stereocenters. The number of carbonyl (C=O) groups excluding carboxylic acids is 1. The summed E-state index contributed by atoms with van der Waals surface area (Å²) in [6.07, 6.45) is 1.70. The molecule has 1 heterocycles. The van der Waals surface area contributed by atoms with E-state index in [4.69, 9.17) is 0 Å². The number of benzene rings is 2. The summed E-state index contributed by atoms with van der Waals surface area (Å²) in [5, 5.41) is 0. The average Bonchev–Trinajstić information content (AvgIpc) is 3.51. The van der Waals surface area contributed by atoms with Crippen LogP contribution in [0.4, 0.5) is 10.1 Å². The second-order valence-electron chi connectivity index (χ2n) is 7.15. The molecule has 1 aliphatic carbocycles. The van der Waals surface area contributed by atoms with Crippen molar-refractivity contribution in [2.75, 3.05) is 31.1 Å². The lowest BCUT2D eigenvalue weighted by atomic mass is 10.1. The molecule has 2 aromatic rings. The number of amides is 1. The van der Waals surface area contributed by atoms with E-state index in [-0.39, 0.29) is 22.7 Å². The minimum absolute atomic E-state index is 0.0100. The number of nitrogens with zero attached hydrogens (tertiary/aromatic N) is 2. The summed E-state index contributed by atoms with van der Waals surface area (Å²) < 4.78 is 41.4. The van der Waals surface area contributed by atoms with Crippen molar-refractivity contribution in [2.45, 2.75) is 23.8 Å². The summed E-state index contributed by atoms with van der Waals surface area (Å²) in [5.41, 5.74) is 0.881. The van der Waals surface area contributed by atoms with Crippen molar-refractivity contribution in [2.24, 2.45) is 0 Å². The molecule has 1 saturated carbocycles. The third kappa shape index (κ3) is 4.02. The number of hydrogen-bond donors (Lipinski definition) is 1. The van der Waals surface area contributed by atoms with Crippen molar-refractivity contribution in [1.29, 1.82) is 0 Å². The van der Waals surface area contributed by atoms with E-state index in [0.717, 1.165) is 12.8 Å². The third-order valence-electron chi connectivity index (χ3n) is 5.05. The second kappa shape index (κ2) is 7.52. The quantitative estimate of drug-likeness (QED) is 0.831. The first-order chi connectivity index (χ1) is 13.4. The Morgan fingerprint density at radius 1 is 1.00 bits per heavy atom. The Morgan fingerprint density at radius 2 is 1.71 bits per heavy atom. The molecule has 4 rings (SSSR count). The van der Waals surface area contributed by atoms with E-state index < -0.39 is 10.0 Å². The maximum Gasteiger partial charge on any atom is 0.254 e. The van der Waals surface area contributed by atoms with Crippen molar-refractivity contribution < 1.29 is 17.6 Å². The molecule has 1 saturated heterocycles. The molecule has 2 aromatic carbocycles. The van der Waals surface area contributed by atoms with Crippen molar-refractivity contribution >= 4 is 21.6 Å². The Morgan fingerprint density at radius 3 is 2.39 bits per heavy atom. The number of piperazine rings is 1. The molecule has 1 amide bonds. The highest BCUT2D eigenvalue weighted by atomic mass is 32.2. The summed E-state index contributed by atoms with van der Waals surface area (Å²) in [6, 6.07) is 12.7. The zero-order valence-electron chi connectivity index (χ0n) is 15.3. The zero-order valence-corrected chi connectivity index (χ0v) is 16.2. The molecule has 8 heteroatoms.